The average molecular weight is 248 g/mol. The van der Waals surface area contributed by atoms with Gasteiger partial charge in [-0.05, 0) is 36.6 Å². The standard InChI is InChI=1S/C13H14ClN3/c1-9-2-7-12-15-16-13(17(12)8-9)10-3-5-11(14)6-4-10/h3-6,9H,2,7-8H2,1H3. The molecule has 2 heterocycles. The molecule has 17 heavy (non-hydrogen) atoms. The highest BCUT2D eigenvalue weighted by Gasteiger charge is 2.20. The van der Waals surface area contributed by atoms with Crippen LogP contribution in [0.5, 0.6) is 0 Å². The molecule has 0 spiro atoms. The first-order valence-electron chi connectivity index (χ1n) is 5.92. The van der Waals surface area contributed by atoms with Crippen molar-refractivity contribution in [1.29, 1.82) is 0 Å². The van der Waals surface area contributed by atoms with Gasteiger partial charge < -0.3 is 4.57 Å². The van der Waals surface area contributed by atoms with Crippen LogP contribution in [0.25, 0.3) is 11.4 Å². The van der Waals surface area contributed by atoms with Gasteiger partial charge in [0, 0.05) is 23.6 Å². The van der Waals surface area contributed by atoms with Gasteiger partial charge in [-0.15, -0.1) is 10.2 Å². The quantitative estimate of drug-likeness (QED) is 0.775. The fourth-order valence-corrected chi connectivity index (χ4v) is 2.43. The van der Waals surface area contributed by atoms with E-state index in [4.69, 9.17) is 11.6 Å². The van der Waals surface area contributed by atoms with Crippen LogP contribution >= 0.6 is 11.6 Å². The molecule has 3 rings (SSSR count). The van der Waals surface area contributed by atoms with Crippen LogP contribution in [0, 0.1) is 5.92 Å². The number of halogens is 1. The van der Waals surface area contributed by atoms with E-state index in [2.05, 4.69) is 21.7 Å². The third kappa shape index (κ3) is 1.95. The van der Waals surface area contributed by atoms with Crippen molar-refractivity contribution in [3.63, 3.8) is 0 Å². The van der Waals surface area contributed by atoms with E-state index >= 15 is 0 Å². The van der Waals surface area contributed by atoms with Crippen molar-refractivity contribution in [1.82, 2.24) is 14.8 Å². The maximum atomic E-state index is 5.90. The van der Waals surface area contributed by atoms with Gasteiger partial charge in [-0.3, -0.25) is 0 Å². The highest BCUT2D eigenvalue weighted by molar-refractivity contribution is 6.30. The maximum Gasteiger partial charge on any atom is 0.163 e. The van der Waals surface area contributed by atoms with Crippen molar-refractivity contribution in [2.24, 2.45) is 5.92 Å². The molecule has 4 heteroatoms. The van der Waals surface area contributed by atoms with Crippen LogP contribution in [0.4, 0.5) is 0 Å². The molecule has 1 atom stereocenters. The van der Waals surface area contributed by atoms with Gasteiger partial charge in [0.15, 0.2) is 5.82 Å². The summed E-state index contributed by atoms with van der Waals surface area (Å²) in [4.78, 5) is 0. The summed E-state index contributed by atoms with van der Waals surface area (Å²) in [5.41, 5.74) is 1.09. The van der Waals surface area contributed by atoms with Crippen molar-refractivity contribution < 1.29 is 0 Å². The van der Waals surface area contributed by atoms with Gasteiger partial charge in [0.25, 0.3) is 0 Å². The van der Waals surface area contributed by atoms with Crippen LogP contribution in [-0.4, -0.2) is 14.8 Å². The number of nitrogens with zero attached hydrogens (tertiary/aromatic N) is 3. The molecule has 0 radical (unpaired) electrons. The van der Waals surface area contributed by atoms with Crippen molar-refractivity contribution >= 4 is 11.6 Å². The van der Waals surface area contributed by atoms with E-state index in [1.165, 1.54) is 6.42 Å². The van der Waals surface area contributed by atoms with E-state index in [1.807, 2.05) is 24.3 Å². The molecule has 0 amide bonds. The third-order valence-corrected chi connectivity index (χ3v) is 3.54. The molecule has 1 aliphatic rings. The zero-order valence-electron chi connectivity index (χ0n) is 9.73. The Labute approximate surface area is 105 Å². The predicted molar refractivity (Wildman–Crippen MR) is 68.0 cm³/mol. The van der Waals surface area contributed by atoms with Crippen molar-refractivity contribution in [3.05, 3.63) is 35.1 Å². The molecule has 2 aromatic rings. The Kier molecular flexibility index (Phi) is 2.63. The van der Waals surface area contributed by atoms with E-state index in [1.54, 1.807) is 0 Å². The molecule has 1 aromatic heterocycles. The number of hydrogen-bond donors (Lipinski definition) is 0. The maximum absolute atomic E-state index is 5.90. The average Bonchev–Trinajstić information content (AvgIpc) is 2.73. The second kappa shape index (κ2) is 4.15. The van der Waals surface area contributed by atoms with Crippen LogP contribution in [0.2, 0.25) is 5.02 Å². The molecule has 1 aromatic carbocycles. The molecule has 0 fully saturated rings. The molecule has 1 unspecified atom stereocenters. The zero-order chi connectivity index (χ0) is 11.8. The summed E-state index contributed by atoms with van der Waals surface area (Å²) in [5, 5.41) is 9.32. The van der Waals surface area contributed by atoms with E-state index in [0.717, 1.165) is 35.2 Å². The van der Waals surface area contributed by atoms with Crippen LogP contribution in [0.3, 0.4) is 0 Å². The van der Waals surface area contributed by atoms with Gasteiger partial charge in [0.1, 0.15) is 5.82 Å². The summed E-state index contributed by atoms with van der Waals surface area (Å²) in [6.07, 6.45) is 2.24. The van der Waals surface area contributed by atoms with Gasteiger partial charge in [-0.25, -0.2) is 0 Å². The minimum Gasteiger partial charge on any atom is -0.311 e. The molecule has 0 aliphatic carbocycles. The number of fused-ring (bicyclic) bond motifs is 1. The molecule has 0 N–H and O–H groups in total. The lowest BCUT2D eigenvalue weighted by atomic mass is 10.0. The first-order chi connectivity index (χ1) is 8.24. The summed E-state index contributed by atoms with van der Waals surface area (Å²) >= 11 is 5.90. The lowest BCUT2D eigenvalue weighted by molar-refractivity contribution is 0.396. The Hall–Kier alpha value is -1.35. The van der Waals surface area contributed by atoms with Crippen LogP contribution in [0.15, 0.2) is 24.3 Å². The molecule has 3 nitrogen and oxygen atoms in total. The smallest absolute Gasteiger partial charge is 0.163 e. The van der Waals surface area contributed by atoms with Crippen LogP contribution < -0.4 is 0 Å². The molecule has 0 bridgehead atoms. The molecule has 0 saturated carbocycles. The third-order valence-electron chi connectivity index (χ3n) is 3.28. The fourth-order valence-electron chi connectivity index (χ4n) is 2.30. The van der Waals surface area contributed by atoms with E-state index in [0.29, 0.717) is 5.92 Å². The topological polar surface area (TPSA) is 30.7 Å². The van der Waals surface area contributed by atoms with Gasteiger partial charge >= 0.3 is 0 Å². The van der Waals surface area contributed by atoms with Gasteiger partial charge in [-0.2, -0.15) is 0 Å². The highest BCUT2D eigenvalue weighted by atomic mass is 35.5. The van der Waals surface area contributed by atoms with Crippen LogP contribution in [0.1, 0.15) is 19.2 Å². The second-order valence-electron chi connectivity index (χ2n) is 4.70. The largest absolute Gasteiger partial charge is 0.311 e. The molecule has 0 saturated heterocycles. The van der Waals surface area contributed by atoms with E-state index in [-0.39, 0.29) is 0 Å². The number of benzene rings is 1. The Morgan fingerprint density at radius 1 is 1.24 bits per heavy atom. The van der Waals surface area contributed by atoms with Crippen molar-refractivity contribution in [3.8, 4) is 11.4 Å². The Morgan fingerprint density at radius 2 is 2.00 bits per heavy atom. The summed E-state index contributed by atoms with van der Waals surface area (Å²) in [5.74, 6) is 2.76. The van der Waals surface area contributed by atoms with Crippen molar-refractivity contribution in [2.45, 2.75) is 26.3 Å². The normalized spacial score (nSPS) is 19.1. The molecular formula is C13H14ClN3. The van der Waals surface area contributed by atoms with Gasteiger partial charge in [-0.1, -0.05) is 18.5 Å². The zero-order valence-corrected chi connectivity index (χ0v) is 10.5. The first-order valence-corrected chi connectivity index (χ1v) is 6.30. The first kappa shape index (κ1) is 10.8. The molecule has 88 valence electrons. The minimum atomic E-state index is 0.699. The van der Waals surface area contributed by atoms with E-state index in [9.17, 15) is 0 Å². The second-order valence-corrected chi connectivity index (χ2v) is 5.14. The SMILES string of the molecule is CC1CCc2nnc(-c3ccc(Cl)cc3)n2C1. The number of hydrogen-bond acceptors (Lipinski definition) is 2. The predicted octanol–water partition coefficient (Wildman–Crippen LogP) is 3.18. The molecular weight excluding hydrogens is 234 g/mol. The number of aromatic nitrogens is 3. The summed E-state index contributed by atoms with van der Waals surface area (Å²) in [7, 11) is 0. The lowest BCUT2D eigenvalue weighted by Crippen LogP contribution is -2.18. The van der Waals surface area contributed by atoms with Gasteiger partial charge in [0.2, 0.25) is 0 Å². The number of aryl methyl sites for hydroxylation is 1. The van der Waals surface area contributed by atoms with E-state index < -0.39 is 0 Å². The summed E-state index contributed by atoms with van der Waals surface area (Å²) < 4.78 is 2.23. The van der Waals surface area contributed by atoms with Crippen LogP contribution in [-0.2, 0) is 13.0 Å². The Bertz CT molecular complexity index is 530. The summed E-state index contributed by atoms with van der Waals surface area (Å²) in [6.45, 7) is 3.29. The Morgan fingerprint density at radius 3 is 2.76 bits per heavy atom. The summed E-state index contributed by atoms with van der Waals surface area (Å²) in [6, 6.07) is 7.79. The molecule has 1 aliphatic heterocycles. The van der Waals surface area contributed by atoms with Crippen molar-refractivity contribution in [2.75, 3.05) is 0 Å². The lowest BCUT2D eigenvalue weighted by Gasteiger charge is -2.20. The monoisotopic (exact) mass is 247 g/mol. The minimum absolute atomic E-state index is 0.699. The van der Waals surface area contributed by atoms with Gasteiger partial charge in [0.05, 0.1) is 0 Å². The number of rotatable bonds is 1. The Balaban J connectivity index is 2.04. The highest BCUT2D eigenvalue weighted by Crippen LogP contribution is 2.26. The fraction of sp³-hybridized carbons (Fsp3) is 0.385.